The molecule has 1 fully saturated rings. The number of rotatable bonds is 4. The highest BCUT2D eigenvalue weighted by molar-refractivity contribution is 5.86. The molecule has 25 heavy (non-hydrogen) atoms. The standard InChI is InChI=1S/C20H24N2O2.ClH/c1-15(22-19(23)20(21)11-13-24-14-12-20)16-7-9-18(10-8-16)17-5-3-2-4-6-17;/h2-10,15H,11-14,21H2,1H3,(H,22,23);1H. The zero-order valence-corrected chi connectivity index (χ0v) is 15.2. The van der Waals surface area contributed by atoms with Crippen molar-refractivity contribution < 1.29 is 9.53 Å². The highest BCUT2D eigenvalue weighted by atomic mass is 35.5. The fourth-order valence-electron chi connectivity index (χ4n) is 2.98. The van der Waals surface area contributed by atoms with Gasteiger partial charge in [-0.15, -0.1) is 12.4 Å². The highest BCUT2D eigenvalue weighted by Gasteiger charge is 2.36. The van der Waals surface area contributed by atoms with E-state index in [1.807, 2.05) is 25.1 Å². The van der Waals surface area contributed by atoms with Crippen LogP contribution in [-0.4, -0.2) is 24.7 Å². The zero-order valence-electron chi connectivity index (χ0n) is 14.4. The maximum Gasteiger partial charge on any atom is 0.240 e. The first-order valence-electron chi connectivity index (χ1n) is 8.41. The summed E-state index contributed by atoms with van der Waals surface area (Å²) in [5, 5.41) is 3.05. The average molecular weight is 361 g/mol. The van der Waals surface area contributed by atoms with E-state index in [-0.39, 0.29) is 24.4 Å². The summed E-state index contributed by atoms with van der Waals surface area (Å²) >= 11 is 0. The molecule has 1 saturated heterocycles. The Labute approximate surface area is 155 Å². The van der Waals surface area contributed by atoms with Crippen LogP contribution in [0.5, 0.6) is 0 Å². The van der Waals surface area contributed by atoms with Gasteiger partial charge in [0.05, 0.1) is 11.6 Å². The molecular weight excluding hydrogens is 336 g/mol. The van der Waals surface area contributed by atoms with Gasteiger partial charge >= 0.3 is 0 Å². The van der Waals surface area contributed by atoms with Gasteiger partial charge in [0.2, 0.25) is 5.91 Å². The summed E-state index contributed by atoms with van der Waals surface area (Å²) in [7, 11) is 0. The number of carbonyl (C=O) groups is 1. The Morgan fingerprint density at radius 2 is 1.60 bits per heavy atom. The van der Waals surface area contributed by atoms with Crippen LogP contribution >= 0.6 is 12.4 Å². The third-order valence-corrected chi connectivity index (χ3v) is 4.70. The largest absolute Gasteiger partial charge is 0.381 e. The summed E-state index contributed by atoms with van der Waals surface area (Å²) in [5.41, 5.74) is 8.84. The summed E-state index contributed by atoms with van der Waals surface area (Å²) in [6, 6.07) is 18.4. The molecule has 3 rings (SSSR count). The van der Waals surface area contributed by atoms with Crippen LogP contribution < -0.4 is 11.1 Å². The lowest BCUT2D eigenvalue weighted by Gasteiger charge is -2.33. The first kappa shape index (κ1) is 19.4. The molecule has 0 aromatic heterocycles. The SMILES string of the molecule is CC(NC(=O)C1(N)CCOCC1)c1ccc(-c2ccccc2)cc1.Cl. The summed E-state index contributed by atoms with van der Waals surface area (Å²) in [5.74, 6) is -0.0922. The van der Waals surface area contributed by atoms with E-state index in [9.17, 15) is 4.79 Å². The first-order chi connectivity index (χ1) is 11.6. The van der Waals surface area contributed by atoms with Gasteiger partial charge in [0, 0.05) is 13.2 Å². The second kappa shape index (κ2) is 8.48. The van der Waals surface area contributed by atoms with Crippen molar-refractivity contribution in [2.24, 2.45) is 5.73 Å². The van der Waals surface area contributed by atoms with E-state index >= 15 is 0 Å². The van der Waals surface area contributed by atoms with E-state index in [2.05, 4.69) is 41.7 Å². The summed E-state index contributed by atoms with van der Waals surface area (Å²) < 4.78 is 5.30. The van der Waals surface area contributed by atoms with Gasteiger partial charge in [0.1, 0.15) is 0 Å². The number of ether oxygens (including phenoxy) is 1. The molecule has 1 aliphatic heterocycles. The monoisotopic (exact) mass is 360 g/mol. The topological polar surface area (TPSA) is 64.4 Å². The number of hydrogen-bond donors (Lipinski definition) is 2. The van der Waals surface area contributed by atoms with E-state index in [4.69, 9.17) is 10.5 Å². The number of nitrogens with two attached hydrogens (primary N) is 1. The average Bonchev–Trinajstić information content (AvgIpc) is 2.63. The van der Waals surface area contributed by atoms with E-state index in [0.717, 1.165) is 11.1 Å². The Hall–Kier alpha value is -1.88. The second-order valence-electron chi connectivity index (χ2n) is 6.45. The van der Waals surface area contributed by atoms with Gasteiger partial charge in [-0.05, 0) is 36.5 Å². The van der Waals surface area contributed by atoms with Crippen molar-refractivity contribution in [1.82, 2.24) is 5.32 Å². The number of nitrogens with one attached hydrogen (secondary N) is 1. The van der Waals surface area contributed by atoms with E-state index in [1.165, 1.54) is 5.56 Å². The minimum absolute atomic E-state index is 0. The predicted octanol–water partition coefficient (Wildman–Crippen LogP) is 3.46. The number of carbonyl (C=O) groups excluding carboxylic acids is 1. The summed E-state index contributed by atoms with van der Waals surface area (Å²) in [6.45, 7) is 3.08. The maximum atomic E-state index is 12.5. The molecule has 2 aromatic rings. The van der Waals surface area contributed by atoms with Gasteiger partial charge in [0.15, 0.2) is 0 Å². The number of benzene rings is 2. The molecular formula is C20H25ClN2O2. The molecule has 1 amide bonds. The van der Waals surface area contributed by atoms with Crippen LogP contribution in [0, 0.1) is 0 Å². The minimum atomic E-state index is -0.809. The molecule has 4 nitrogen and oxygen atoms in total. The summed E-state index contributed by atoms with van der Waals surface area (Å²) in [4.78, 5) is 12.5. The third kappa shape index (κ3) is 4.60. The van der Waals surface area contributed by atoms with Gasteiger partial charge < -0.3 is 15.8 Å². The molecule has 5 heteroatoms. The minimum Gasteiger partial charge on any atom is -0.381 e. The van der Waals surface area contributed by atoms with Crippen LogP contribution in [-0.2, 0) is 9.53 Å². The lowest BCUT2D eigenvalue weighted by Crippen LogP contribution is -2.57. The zero-order chi connectivity index (χ0) is 17.0. The van der Waals surface area contributed by atoms with E-state index < -0.39 is 5.54 Å². The first-order valence-corrected chi connectivity index (χ1v) is 8.41. The molecule has 0 spiro atoms. The van der Waals surface area contributed by atoms with Crippen LogP contribution in [0.25, 0.3) is 11.1 Å². The number of amides is 1. The second-order valence-corrected chi connectivity index (χ2v) is 6.45. The van der Waals surface area contributed by atoms with Gasteiger partial charge in [-0.1, -0.05) is 54.6 Å². The smallest absolute Gasteiger partial charge is 0.240 e. The van der Waals surface area contributed by atoms with Gasteiger partial charge in [-0.2, -0.15) is 0 Å². The fourth-order valence-corrected chi connectivity index (χ4v) is 2.98. The van der Waals surface area contributed by atoms with Crippen LogP contribution in [0.2, 0.25) is 0 Å². The van der Waals surface area contributed by atoms with Crippen molar-refractivity contribution in [3.05, 3.63) is 60.2 Å². The lowest BCUT2D eigenvalue weighted by molar-refractivity contribution is -0.130. The number of hydrogen-bond acceptors (Lipinski definition) is 3. The Kier molecular flexibility index (Phi) is 6.59. The van der Waals surface area contributed by atoms with Gasteiger partial charge in [0.25, 0.3) is 0 Å². The predicted molar refractivity (Wildman–Crippen MR) is 103 cm³/mol. The highest BCUT2D eigenvalue weighted by Crippen LogP contribution is 2.23. The van der Waals surface area contributed by atoms with Crippen molar-refractivity contribution >= 4 is 18.3 Å². The molecule has 0 radical (unpaired) electrons. The lowest BCUT2D eigenvalue weighted by atomic mass is 9.90. The van der Waals surface area contributed by atoms with Crippen molar-refractivity contribution in [3.63, 3.8) is 0 Å². The van der Waals surface area contributed by atoms with Crippen molar-refractivity contribution in [2.75, 3.05) is 13.2 Å². The van der Waals surface area contributed by atoms with Crippen LogP contribution in [0.4, 0.5) is 0 Å². The maximum absolute atomic E-state index is 12.5. The van der Waals surface area contributed by atoms with Crippen LogP contribution in [0.3, 0.4) is 0 Å². The van der Waals surface area contributed by atoms with Crippen LogP contribution in [0.15, 0.2) is 54.6 Å². The molecule has 2 aromatic carbocycles. The van der Waals surface area contributed by atoms with Crippen molar-refractivity contribution in [2.45, 2.75) is 31.3 Å². The quantitative estimate of drug-likeness (QED) is 0.877. The molecule has 134 valence electrons. The molecule has 1 heterocycles. The third-order valence-electron chi connectivity index (χ3n) is 4.70. The molecule has 1 aliphatic rings. The number of halogens is 1. The fraction of sp³-hybridized carbons (Fsp3) is 0.350. The molecule has 0 aliphatic carbocycles. The van der Waals surface area contributed by atoms with E-state index in [1.54, 1.807) is 0 Å². The van der Waals surface area contributed by atoms with Crippen molar-refractivity contribution in [3.8, 4) is 11.1 Å². The van der Waals surface area contributed by atoms with E-state index in [0.29, 0.717) is 26.1 Å². The summed E-state index contributed by atoms with van der Waals surface area (Å²) in [6.07, 6.45) is 1.14. The van der Waals surface area contributed by atoms with Crippen LogP contribution in [0.1, 0.15) is 31.4 Å². The molecule has 3 N–H and O–H groups in total. The Balaban J connectivity index is 0.00000225. The normalized spacial score (nSPS) is 17.2. The molecule has 1 unspecified atom stereocenters. The Bertz CT molecular complexity index is 683. The van der Waals surface area contributed by atoms with Gasteiger partial charge in [-0.25, -0.2) is 0 Å². The van der Waals surface area contributed by atoms with Crippen molar-refractivity contribution in [1.29, 1.82) is 0 Å². The molecule has 1 atom stereocenters. The molecule has 0 saturated carbocycles. The molecule has 0 bridgehead atoms. The Morgan fingerprint density at radius 1 is 1.04 bits per heavy atom. The van der Waals surface area contributed by atoms with Gasteiger partial charge in [-0.3, -0.25) is 4.79 Å². The Morgan fingerprint density at radius 3 is 2.20 bits per heavy atom.